The second-order valence-corrected chi connectivity index (χ2v) is 7.12. The van der Waals surface area contributed by atoms with Gasteiger partial charge in [0.25, 0.3) is 0 Å². The normalized spacial score (nSPS) is 10.9. The van der Waals surface area contributed by atoms with Gasteiger partial charge in [0, 0.05) is 20.8 Å². The lowest BCUT2D eigenvalue weighted by Gasteiger charge is -2.01. The van der Waals surface area contributed by atoms with E-state index in [-0.39, 0.29) is 0 Å². The zero-order chi connectivity index (χ0) is 13.7. The summed E-state index contributed by atoms with van der Waals surface area (Å²) in [6, 6.07) is 8.32. The van der Waals surface area contributed by atoms with Gasteiger partial charge < -0.3 is 5.32 Å². The molecule has 2 nitrogen and oxygen atoms in total. The molecular weight excluding hydrogens is 340 g/mol. The molecular formula is C14H17BrN2S2. The minimum absolute atomic E-state index is 0.917. The van der Waals surface area contributed by atoms with Crippen LogP contribution in [-0.2, 0) is 18.7 Å². The lowest BCUT2D eigenvalue weighted by Crippen LogP contribution is -2.05. The van der Waals surface area contributed by atoms with Crippen LogP contribution in [0.4, 0.5) is 0 Å². The molecule has 0 aliphatic carbocycles. The van der Waals surface area contributed by atoms with E-state index in [0.29, 0.717) is 0 Å². The Bertz CT molecular complexity index is 540. The Morgan fingerprint density at radius 1 is 1.37 bits per heavy atom. The summed E-state index contributed by atoms with van der Waals surface area (Å²) >= 11 is 7.24. The Morgan fingerprint density at radius 3 is 2.84 bits per heavy atom. The number of thiazole rings is 1. The van der Waals surface area contributed by atoms with Gasteiger partial charge in [0.05, 0.1) is 11.4 Å². The SMILES string of the molecule is CCc1nc(CSc2ccccc2Br)sc1CNC. The highest BCUT2D eigenvalue weighted by Crippen LogP contribution is 2.31. The van der Waals surface area contributed by atoms with Crippen molar-refractivity contribution in [1.29, 1.82) is 0 Å². The first-order chi connectivity index (χ1) is 9.24. The average molecular weight is 357 g/mol. The summed E-state index contributed by atoms with van der Waals surface area (Å²) in [5.74, 6) is 0.935. The molecule has 102 valence electrons. The summed E-state index contributed by atoms with van der Waals surface area (Å²) in [6.07, 6.45) is 1.01. The van der Waals surface area contributed by atoms with Crippen LogP contribution in [-0.4, -0.2) is 12.0 Å². The zero-order valence-corrected chi connectivity index (χ0v) is 14.3. The van der Waals surface area contributed by atoms with E-state index in [1.54, 1.807) is 0 Å². The summed E-state index contributed by atoms with van der Waals surface area (Å²) in [5.41, 5.74) is 1.24. The molecule has 1 N–H and O–H groups in total. The van der Waals surface area contributed by atoms with Crippen molar-refractivity contribution in [2.24, 2.45) is 0 Å². The maximum atomic E-state index is 4.73. The number of benzene rings is 1. The van der Waals surface area contributed by atoms with Crippen LogP contribution in [0.5, 0.6) is 0 Å². The third-order valence-electron chi connectivity index (χ3n) is 2.68. The number of rotatable bonds is 6. The number of thioether (sulfide) groups is 1. The van der Waals surface area contributed by atoms with Crippen LogP contribution in [0, 0.1) is 0 Å². The molecule has 0 bridgehead atoms. The zero-order valence-electron chi connectivity index (χ0n) is 11.1. The van der Waals surface area contributed by atoms with E-state index in [1.807, 2.05) is 36.2 Å². The smallest absolute Gasteiger partial charge is 0.103 e. The largest absolute Gasteiger partial charge is 0.315 e. The van der Waals surface area contributed by atoms with Crippen molar-refractivity contribution < 1.29 is 0 Å². The molecule has 5 heteroatoms. The van der Waals surface area contributed by atoms with Crippen LogP contribution < -0.4 is 5.32 Å². The van der Waals surface area contributed by atoms with Crippen LogP contribution in [0.15, 0.2) is 33.6 Å². The van der Waals surface area contributed by atoms with E-state index < -0.39 is 0 Å². The van der Waals surface area contributed by atoms with Gasteiger partial charge >= 0.3 is 0 Å². The average Bonchev–Trinajstić information content (AvgIpc) is 2.81. The molecule has 0 saturated carbocycles. The Morgan fingerprint density at radius 2 is 2.16 bits per heavy atom. The molecule has 1 heterocycles. The molecule has 1 aromatic carbocycles. The van der Waals surface area contributed by atoms with Gasteiger partial charge in [-0.2, -0.15) is 0 Å². The van der Waals surface area contributed by atoms with E-state index in [0.717, 1.165) is 23.2 Å². The highest BCUT2D eigenvalue weighted by Gasteiger charge is 2.10. The van der Waals surface area contributed by atoms with Crippen molar-refractivity contribution >= 4 is 39.0 Å². The molecule has 0 fully saturated rings. The topological polar surface area (TPSA) is 24.9 Å². The van der Waals surface area contributed by atoms with Crippen LogP contribution in [0.2, 0.25) is 0 Å². The van der Waals surface area contributed by atoms with E-state index >= 15 is 0 Å². The van der Waals surface area contributed by atoms with Crippen molar-refractivity contribution in [3.8, 4) is 0 Å². The van der Waals surface area contributed by atoms with Gasteiger partial charge in [0.2, 0.25) is 0 Å². The summed E-state index contributed by atoms with van der Waals surface area (Å²) in [6.45, 7) is 3.08. The molecule has 2 aromatic rings. The summed E-state index contributed by atoms with van der Waals surface area (Å²) in [4.78, 5) is 7.37. The molecule has 0 radical (unpaired) electrons. The number of nitrogens with zero attached hydrogens (tertiary/aromatic N) is 1. The molecule has 0 spiro atoms. The molecule has 0 aliphatic rings. The van der Waals surface area contributed by atoms with Crippen molar-refractivity contribution in [1.82, 2.24) is 10.3 Å². The van der Waals surface area contributed by atoms with Gasteiger partial charge in [0.15, 0.2) is 0 Å². The number of aromatic nitrogens is 1. The van der Waals surface area contributed by atoms with E-state index in [2.05, 4.69) is 46.4 Å². The minimum Gasteiger partial charge on any atom is -0.315 e. The Balaban J connectivity index is 2.05. The fraction of sp³-hybridized carbons (Fsp3) is 0.357. The number of halogens is 1. The number of hydrogen-bond acceptors (Lipinski definition) is 4. The van der Waals surface area contributed by atoms with Crippen molar-refractivity contribution in [3.63, 3.8) is 0 Å². The van der Waals surface area contributed by atoms with Crippen molar-refractivity contribution in [3.05, 3.63) is 44.3 Å². The molecule has 0 saturated heterocycles. The second kappa shape index (κ2) is 7.43. The molecule has 0 atom stereocenters. The Hall–Kier alpha value is -0.360. The van der Waals surface area contributed by atoms with E-state index in [1.165, 1.54) is 20.5 Å². The van der Waals surface area contributed by atoms with Crippen molar-refractivity contribution in [2.45, 2.75) is 30.5 Å². The van der Waals surface area contributed by atoms with Gasteiger partial charge in [-0.3, -0.25) is 0 Å². The first-order valence-electron chi connectivity index (χ1n) is 6.24. The molecule has 2 rings (SSSR count). The molecule has 0 unspecified atom stereocenters. The fourth-order valence-corrected chi connectivity index (χ4v) is 4.50. The number of hydrogen-bond donors (Lipinski definition) is 1. The van der Waals surface area contributed by atoms with Crippen LogP contribution >= 0.6 is 39.0 Å². The second-order valence-electron chi connectivity index (χ2n) is 4.08. The lowest BCUT2D eigenvalue weighted by atomic mass is 10.3. The molecule has 0 amide bonds. The Kier molecular flexibility index (Phi) is 5.88. The molecule has 0 aliphatic heterocycles. The van der Waals surface area contributed by atoms with E-state index in [4.69, 9.17) is 4.98 Å². The van der Waals surface area contributed by atoms with Crippen LogP contribution in [0.1, 0.15) is 22.5 Å². The predicted molar refractivity (Wildman–Crippen MR) is 88.0 cm³/mol. The summed E-state index contributed by atoms with van der Waals surface area (Å²) in [7, 11) is 1.98. The van der Waals surface area contributed by atoms with Gasteiger partial charge in [0.1, 0.15) is 5.01 Å². The lowest BCUT2D eigenvalue weighted by molar-refractivity contribution is 0.814. The quantitative estimate of drug-likeness (QED) is 0.772. The fourth-order valence-electron chi connectivity index (χ4n) is 1.77. The predicted octanol–water partition coefficient (Wildman–Crippen LogP) is 4.48. The third kappa shape index (κ3) is 4.05. The van der Waals surface area contributed by atoms with Gasteiger partial charge in [-0.25, -0.2) is 4.98 Å². The number of aryl methyl sites for hydroxylation is 1. The van der Waals surface area contributed by atoms with E-state index in [9.17, 15) is 0 Å². The maximum absolute atomic E-state index is 4.73. The number of nitrogens with one attached hydrogen (secondary N) is 1. The van der Waals surface area contributed by atoms with Gasteiger partial charge in [-0.15, -0.1) is 23.1 Å². The molecule has 1 aromatic heterocycles. The standard InChI is InChI=1S/C14H17BrN2S2/c1-3-11-13(8-16-2)19-14(17-11)9-18-12-7-5-4-6-10(12)15/h4-7,16H,3,8-9H2,1-2H3. The maximum Gasteiger partial charge on any atom is 0.103 e. The first-order valence-corrected chi connectivity index (χ1v) is 8.83. The summed E-state index contributed by atoms with van der Waals surface area (Å²) < 4.78 is 1.16. The molecule has 19 heavy (non-hydrogen) atoms. The first kappa shape index (κ1) is 15.0. The Labute approximate surface area is 131 Å². The monoisotopic (exact) mass is 356 g/mol. The van der Waals surface area contributed by atoms with Crippen molar-refractivity contribution in [2.75, 3.05) is 7.05 Å². The highest BCUT2D eigenvalue weighted by molar-refractivity contribution is 9.10. The van der Waals surface area contributed by atoms with Crippen LogP contribution in [0.3, 0.4) is 0 Å². The van der Waals surface area contributed by atoms with Crippen LogP contribution in [0.25, 0.3) is 0 Å². The summed E-state index contributed by atoms with van der Waals surface area (Å²) in [5, 5.41) is 4.42. The van der Waals surface area contributed by atoms with Gasteiger partial charge in [-0.1, -0.05) is 19.1 Å². The third-order valence-corrected chi connectivity index (χ3v) is 6.00. The minimum atomic E-state index is 0.917. The highest BCUT2D eigenvalue weighted by atomic mass is 79.9. The van der Waals surface area contributed by atoms with Gasteiger partial charge in [-0.05, 0) is 41.5 Å².